The maximum absolute atomic E-state index is 12.9. The van der Waals surface area contributed by atoms with Crippen LogP contribution in [0.15, 0.2) is 45.6 Å². The first-order valence-electron chi connectivity index (χ1n) is 7.84. The summed E-state index contributed by atoms with van der Waals surface area (Å²) in [6.45, 7) is 4.94. The highest BCUT2D eigenvalue weighted by molar-refractivity contribution is 5.85. The van der Waals surface area contributed by atoms with Crippen LogP contribution in [0.5, 0.6) is 5.75 Å². The van der Waals surface area contributed by atoms with Gasteiger partial charge in [0.2, 0.25) is 11.2 Å². The van der Waals surface area contributed by atoms with Crippen molar-refractivity contribution in [3.63, 3.8) is 0 Å². The molecular formula is C20H17O5-. The van der Waals surface area contributed by atoms with E-state index in [1.165, 1.54) is 0 Å². The van der Waals surface area contributed by atoms with E-state index < -0.39 is 18.0 Å². The second kappa shape index (κ2) is 6.43. The minimum atomic E-state index is -1.41. The molecule has 25 heavy (non-hydrogen) atoms. The van der Waals surface area contributed by atoms with E-state index in [1.54, 1.807) is 25.1 Å². The number of carboxylic acid groups (broad SMARTS) is 1. The quantitative estimate of drug-likeness (QED) is 0.731. The van der Waals surface area contributed by atoms with Gasteiger partial charge in [-0.1, -0.05) is 35.9 Å². The molecule has 0 atom stereocenters. The fourth-order valence-electron chi connectivity index (χ4n) is 2.83. The van der Waals surface area contributed by atoms with Gasteiger partial charge in [0.1, 0.15) is 12.2 Å². The van der Waals surface area contributed by atoms with Gasteiger partial charge in [0.25, 0.3) is 0 Å². The number of fused-ring (bicyclic) bond motifs is 1. The predicted molar refractivity (Wildman–Crippen MR) is 92.6 cm³/mol. The molecular weight excluding hydrogens is 320 g/mol. The van der Waals surface area contributed by atoms with Crippen molar-refractivity contribution >= 4 is 16.9 Å². The zero-order chi connectivity index (χ0) is 18.1. The van der Waals surface area contributed by atoms with Gasteiger partial charge in [0.15, 0.2) is 5.76 Å². The molecule has 0 unspecified atom stereocenters. The molecule has 0 N–H and O–H groups in total. The number of benzene rings is 2. The Labute approximate surface area is 144 Å². The Morgan fingerprint density at radius 3 is 2.40 bits per heavy atom. The smallest absolute Gasteiger partial charge is 0.235 e. The van der Waals surface area contributed by atoms with Crippen LogP contribution in [-0.2, 0) is 4.79 Å². The largest absolute Gasteiger partial charge is 0.546 e. The topological polar surface area (TPSA) is 79.6 Å². The summed E-state index contributed by atoms with van der Waals surface area (Å²) in [4.78, 5) is 23.7. The van der Waals surface area contributed by atoms with Crippen molar-refractivity contribution in [3.8, 4) is 17.1 Å². The molecule has 0 spiro atoms. The number of hydrogen-bond donors (Lipinski definition) is 0. The molecule has 1 heterocycles. The summed E-state index contributed by atoms with van der Waals surface area (Å²) in [5.41, 5.74) is 3.45. The fourth-order valence-corrected chi connectivity index (χ4v) is 2.83. The van der Waals surface area contributed by atoms with Crippen molar-refractivity contribution in [2.75, 3.05) is 6.61 Å². The molecule has 0 amide bonds. The average molecular weight is 337 g/mol. The lowest BCUT2D eigenvalue weighted by atomic mass is 10.0. The number of aliphatic carboxylic acids is 1. The predicted octanol–water partition coefficient (Wildman–Crippen LogP) is 2.51. The number of aryl methyl sites for hydroxylation is 3. The first-order chi connectivity index (χ1) is 11.9. The van der Waals surface area contributed by atoms with Crippen molar-refractivity contribution in [1.29, 1.82) is 0 Å². The van der Waals surface area contributed by atoms with Crippen molar-refractivity contribution in [3.05, 3.63) is 63.3 Å². The molecule has 1 aromatic heterocycles. The van der Waals surface area contributed by atoms with E-state index in [-0.39, 0.29) is 11.5 Å². The van der Waals surface area contributed by atoms with Crippen LogP contribution in [0, 0.1) is 20.8 Å². The van der Waals surface area contributed by atoms with Crippen LogP contribution < -0.4 is 15.3 Å². The van der Waals surface area contributed by atoms with Crippen molar-refractivity contribution in [2.45, 2.75) is 20.8 Å². The second-order valence-electron chi connectivity index (χ2n) is 6.07. The molecule has 128 valence electrons. The third-order valence-electron chi connectivity index (χ3n) is 3.94. The Balaban J connectivity index is 2.32. The van der Waals surface area contributed by atoms with Gasteiger partial charge in [-0.2, -0.15) is 0 Å². The van der Waals surface area contributed by atoms with E-state index in [0.717, 1.165) is 16.7 Å². The maximum Gasteiger partial charge on any atom is 0.235 e. The summed E-state index contributed by atoms with van der Waals surface area (Å²) in [5, 5.41) is 11.2. The summed E-state index contributed by atoms with van der Waals surface area (Å²) in [5.74, 6) is -1.31. The Morgan fingerprint density at radius 1 is 1.08 bits per heavy atom. The van der Waals surface area contributed by atoms with E-state index in [1.807, 2.05) is 32.0 Å². The van der Waals surface area contributed by atoms with Gasteiger partial charge in [0.05, 0.1) is 11.4 Å². The van der Waals surface area contributed by atoms with Crippen molar-refractivity contribution in [2.24, 2.45) is 0 Å². The third kappa shape index (κ3) is 3.26. The SMILES string of the molecule is Cc1ccc(-c2oc3cc(C)cc(C)c3c(=O)c2OCC(=O)[O-])cc1. The summed E-state index contributed by atoms with van der Waals surface area (Å²) >= 11 is 0. The number of rotatable bonds is 4. The molecule has 0 aliphatic heterocycles. The lowest BCUT2D eigenvalue weighted by molar-refractivity contribution is -0.307. The fraction of sp³-hybridized carbons (Fsp3) is 0.200. The van der Waals surface area contributed by atoms with Gasteiger partial charge in [-0.15, -0.1) is 0 Å². The van der Waals surface area contributed by atoms with Crippen LogP contribution in [0.25, 0.3) is 22.3 Å². The minimum Gasteiger partial charge on any atom is -0.546 e. The van der Waals surface area contributed by atoms with Crippen LogP contribution in [0.4, 0.5) is 0 Å². The Hall–Kier alpha value is -3.08. The third-order valence-corrected chi connectivity index (χ3v) is 3.94. The Kier molecular flexibility index (Phi) is 4.31. The first-order valence-corrected chi connectivity index (χ1v) is 7.84. The Bertz CT molecular complexity index is 1010. The van der Waals surface area contributed by atoms with Gasteiger partial charge >= 0.3 is 0 Å². The molecule has 0 radical (unpaired) electrons. The van der Waals surface area contributed by atoms with E-state index in [2.05, 4.69) is 0 Å². The molecule has 5 heteroatoms. The highest BCUT2D eigenvalue weighted by Crippen LogP contribution is 2.32. The monoisotopic (exact) mass is 337 g/mol. The molecule has 2 aromatic carbocycles. The minimum absolute atomic E-state index is 0.118. The van der Waals surface area contributed by atoms with Crippen LogP contribution in [0.2, 0.25) is 0 Å². The highest BCUT2D eigenvalue weighted by atomic mass is 16.5. The van der Waals surface area contributed by atoms with E-state index >= 15 is 0 Å². The van der Waals surface area contributed by atoms with E-state index in [0.29, 0.717) is 16.5 Å². The number of carboxylic acids is 1. The summed E-state index contributed by atoms with van der Waals surface area (Å²) < 4.78 is 11.2. The molecule has 0 saturated carbocycles. The molecule has 5 nitrogen and oxygen atoms in total. The van der Waals surface area contributed by atoms with Crippen LogP contribution in [0.3, 0.4) is 0 Å². The van der Waals surface area contributed by atoms with E-state index in [4.69, 9.17) is 9.15 Å². The summed E-state index contributed by atoms with van der Waals surface area (Å²) in [7, 11) is 0. The van der Waals surface area contributed by atoms with Crippen molar-refractivity contribution < 1.29 is 19.1 Å². The van der Waals surface area contributed by atoms with Crippen molar-refractivity contribution in [1.82, 2.24) is 0 Å². The molecule has 0 fully saturated rings. The number of carbonyl (C=O) groups is 1. The number of carbonyl (C=O) groups excluding carboxylic acids is 1. The lowest BCUT2D eigenvalue weighted by Crippen LogP contribution is -2.30. The van der Waals surface area contributed by atoms with Gasteiger partial charge in [0, 0.05) is 5.56 Å². The first kappa shape index (κ1) is 16.8. The summed E-state index contributed by atoms with van der Waals surface area (Å²) in [6.07, 6.45) is 0. The average Bonchev–Trinajstić information content (AvgIpc) is 2.53. The number of ether oxygens (including phenoxy) is 1. The van der Waals surface area contributed by atoms with Crippen LogP contribution >= 0.6 is 0 Å². The number of hydrogen-bond acceptors (Lipinski definition) is 5. The standard InChI is InChI=1S/C20H18O5/c1-11-4-6-14(7-5-11)19-20(24-10-16(21)22)18(23)17-13(3)8-12(2)9-15(17)25-19/h4-9H,10H2,1-3H3,(H,21,22)/p-1. The van der Waals surface area contributed by atoms with Crippen LogP contribution in [0.1, 0.15) is 16.7 Å². The lowest BCUT2D eigenvalue weighted by Gasteiger charge is -2.13. The van der Waals surface area contributed by atoms with E-state index in [9.17, 15) is 14.7 Å². The second-order valence-corrected chi connectivity index (χ2v) is 6.07. The molecule has 0 aliphatic carbocycles. The zero-order valence-corrected chi connectivity index (χ0v) is 14.2. The molecule has 0 bridgehead atoms. The summed E-state index contributed by atoms with van der Waals surface area (Å²) in [6, 6.07) is 11.0. The van der Waals surface area contributed by atoms with Gasteiger partial charge < -0.3 is 19.1 Å². The molecule has 3 rings (SSSR count). The molecule has 0 aliphatic rings. The molecule has 3 aromatic rings. The Morgan fingerprint density at radius 2 is 1.76 bits per heavy atom. The molecule has 0 saturated heterocycles. The van der Waals surface area contributed by atoms with Gasteiger partial charge in [-0.25, -0.2) is 0 Å². The normalized spacial score (nSPS) is 10.8. The highest BCUT2D eigenvalue weighted by Gasteiger charge is 2.19. The van der Waals surface area contributed by atoms with Gasteiger partial charge in [-0.05, 0) is 38.0 Å². The zero-order valence-electron chi connectivity index (χ0n) is 14.2. The maximum atomic E-state index is 12.9. The van der Waals surface area contributed by atoms with Gasteiger partial charge in [-0.3, -0.25) is 4.79 Å². The van der Waals surface area contributed by atoms with Crippen LogP contribution in [-0.4, -0.2) is 12.6 Å².